The van der Waals surface area contributed by atoms with E-state index in [1.54, 1.807) is 12.1 Å². The van der Waals surface area contributed by atoms with Crippen LogP contribution >= 0.6 is 23.2 Å². The van der Waals surface area contributed by atoms with Gasteiger partial charge in [0, 0.05) is 23.9 Å². The molecule has 0 atom stereocenters. The number of anilines is 1. The first-order valence-corrected chi connectivity index (χ1v) is 9.86. The van der Waals surface area contributed by atoms with E-state index in [0.717, 1.165) is 17.0 Å². The third-order valence-corrected chi connectivity index (χ3v) is 5.22. The van der Waals surface area contributed by atoms with Crippen molar-refractivity contribution in [2.45, 2.75) is 13.2 Å². The lowest BCUT2D eigenvalue weighted by Gasteiger charge is -2.16. The number of fused-ring (bicyclic) bond motifs is 1. The van der Waals surface area contributed by atoms with Gasteiger partial charge < -0.3 is 24.3 Å². The Morgan fingerprint density at radius 1 is 1.03 bits per heavy atom. The Balaban J connectivity index is 1.48. The zero-order valence-corrected chi connectivity index (χ0v) is 17.5. The minimum atomic E-state index is -0.442. The molecule has 156 valence electrons. The van der Waals surface area contributed by atoms with Crippen molar-refractivity contribution in [2.24, 2.45) is 0 Å². The standard InChI is InChI=1S/C22H18Cl2FNO4/c1-27-21-8-13(10-26-14-5-6-19-20(9-14)30-12-29-19)7-17(24)22(21)28-11-15-16(23)3-2-4-18(15)25/h2-9,26H,10-12H2,1H3. The van der Waals surface area contributed by atoms with Gasteiger partial charge in [0.2, 0.25) is 6.79 Å². The monoisotopic (exact) mass is 449 g/mol. The zero-order valence-electron chi connectivity index (χ0n) is 16.0. The van der Waals surface area contributed by atoms with Gasteiger partial charge >= 0.3 is 0 Å². The van der Waals surface area contributed by atoms with Crippen LogP contribution in [0, 0.1) is 5.82 Å². The smallest absolute Gasteiger partial charge is 0.231 e. The molecule has 8 heteroatoms. The van der Waals surface area contributed by atoms with Crippen LogP contribution in [-0.2, 0) is 13.2 Å². The van der Waals surface area contributed by atoms with Gasteiger partial charge in [-0.3, -0.25) is 0 Å². The van der Waals surface area contributed by atoms with Gasteiger partial charge in [-0.25, -0.2) is 4.39 Å². The largest absolute Gasteiger partial charge is 0.493 e. The molecular formula is C22H18Cl2FNO4. The summed E-state index contributed by atoms with van der Waals surface area (Å²) in [5.41, 5.74) is 2.01. The molecule has 1 aliphatic heterocycles. The van der Waals surface area contributed by atoms with E-state index in [2.05, 4.69) is 5.32 Å². The van der Waals surface area contributed by atoms with Crippen LogP contribution < -0.4 is 24.3 Å². The minimum Gasteiger partial charge on any atom is -0.493 e. The molecule has 0 saturated heterocycles. The summed E-state index contributed by atoms with van der Waals surface area (Å²) in [5.74, 6) is 1.75. The van der Waals surface area contributed by atoms with E-state index in [1.807, 2.05) is 24.3 Å². The minimum absolute atomic E-state index is 0.0730. The molecule has 1 aliphatic rings. The van der Waals surface area contributed by atoms with Crippen molar-refractivity contribution >= 4 is 28.9 Å². The van der Waals surface area contributed by atoms with Gasteiger partial charge in [-0.2, -0.15) is 0 Å². The molecule has 0 bridgehead atoms. The van der Waals surface area contributed by atoms with Crippen molar-refractivity contribution in [3.63, 3.8) is 0 Å². The SMILES string of the molecule is COc1cc(CNc2ccc3c(c2)OCO3)cc(Cl)c1OCc1c(F)cccc1Cl. The molecule has 0 spiro atoms. The lowest BCUT2D eigenvalue weighted by Crippen LogP contribution is -2.04. The fraction of sp³-hybridized carbons (Fsp3) is 0.182. The molecule has 1 heterocycles. The molecule has 0 aromatic heterocycles. The number of methoxy groups -OCH3 is 1. The molecule has 3 aromatic carbocycles. The average molecular weight is 450 g/mol. The summed E-state index contributed by atoms with van der Waals surface area (Å²) in [6.45, 7) is 0.649. The van der Waals surface area contributed by atoms with Gasteiger partial charge in [-0.05, 0) is 42.0 Å². The molecule has 0 saturated carbocycles. The Morgan fingerprint density at radius 3 is 2.67 bits per heavy atom. The fourth-order valence-electron chi connectivity index (χ4n) is 3.04. The van der Waals surface area contributed by atoms with Gasteiger partial charge in [0.05, 0.1) is 17.2 Å². The number of hydrogen-bond acceptors (Lipinski definition) is 5. The third-order valence-electron chi connectivity index (χ3n) is 4.58. The lowest BCUT2D eigenvalue weighted by molar-refractivity contribution is 0.174. The Bertz CT molecular complexity index is 1060. The topological polar surface area (TPSA) is 49.0 Å². The molecule has 0 radical (unpaired) electrons. The Hall–Kier alpha value is -2.83. The molecular weight excluding hydrogens is 432 g/mol. The molecule has 0 fully saturated rings. The van der Waals surface area contributed by atoms with Crippen LogP contribution in [0.4, 0.5) is 10.1 Å². The quantitative estimate of drug-likeness (QED) is 0.474. The van der Waals surface area contributed by atoms with Crippen LogP contribution in [0.5, 0.6) is 23.0 Å². The van der Waals surface area contributed by atoms with Crippen molar-refractivity contribution in [3.05, 3.63) is 75.5 Å². The predicted molar refractivity (Wildman–Crippen MR) is 114 cm³/mol. The van der Waals surface area contributed by atoms with Gasteiger partial charge in [0.15, 0.2) is 23.0 Å². The van der Waals surface area contributed by atoms with E-state index in [0.29, 0.717) is 28.8 Å². The first-order valence-electron chi connectivity index (χ1n) is 9.11. The van der Waals surface area contributed by atoms with Gasteiger partial charge in [0.1, 0.15) is 12.4 Å². The second kappa shape index (κ2) is 8.90. The number of benzene rings is 3. The van der Waals surface area contributed by atoms with Crippen molar-refractivity contribution < 1.29 is 23.3 Å². The van der Waals surface area contributed by atoms with Crippen LogP contribution in [0.25, 0.3) is 0 Å². The summed E-state index contributed by atoms with van der Waals surface area (Å²) >= 11 is 12.5. The van der Waals surface area contributed by atoms with E-state index < -0.39 is 5.82 Å². The highest BCUT2D eigenvalue weighted by Crippen LogP contribution is 2.38. The van der Waals surface area contributed by atoms with E-state index >= 15 is 0 Å². The summed E-state index contributed by atoms with van der Waals surface area (Å²) in [6, 6.07) is 13.7. The average Bonchev–Trinajstić information content (AvgIpc) is 3.20. The van der Waals surface area contributed by atoms with Crippen LogP contribution in [0.3, 0.4) is 0 Å². The second-order valence-corrected chi connectivity index (χ2v) is 7.33. The number of nitrogens with one attached hydrogen (secondary N) is 1. The first kappa shape index (κ1) is 20.4. The number of rotatable bonds is 7. The fourth-order valence-corrected chi connectivity index (χ4v) is 3.55. The summed E-state index contributed by atoms with van der Waals surface area (Å²) in [5, 5.41) is 3.94. The van der Waals surface area contributed by atoms with E-state index in [9.17, 15) is 4.39 Å². The summed E-state index contributed by atoms with van der Waals surface area (Å²) in [7, 11) is 1.52. The third kappa shape index (κ3) is 4.35. The van der Waals surface area contributed by atoms with Crippen molar-refractivity contribution in [3.8, 4) is 23.0 Å². The highest BCUT2D eigenvalue weighted by molar-refractivity contribution is 6.32. The van der Waals surface area contributed by atoms with Crippen LogP contribution in [0.1, 0.15) is 11.1 Å². The Morgan fingerprint density at radius 2 is 1.87 bits per heavy atom. The number of hydrogen-bond donors (Lipinski definition) is 1. The highest BCUT2D eigenvalue weighted by atomic mass is 35.5. The molecule has 0 aliphatic carbocycles. The van der Waals surface area contributed by atoms with E-state index in [-0.39, 0.29) is 24.0 Å². The maximum Gasteiger partial charge on any atom is 0.231 e. The maximum atomic E-state index is 14.0. The van der Waals surface area contributed by atoms with Crippen molar-refractivity contribution in [1.82, 2.24) is 0 Å². The van der Waals surface area contributed by atoms with Crippen molar-refractivity contribution in [2.75, 3.05) is 19.2 Å². The normalized spacial score (nSPS) is 12.0. The van der Waals surface area contributed by atoms with E-state index in [4.69, 9.17) is 42.1 Å². The van der Waals surface area contributed by atoms with Crippen molar-refractivity contribution in [1.29, 1.82) is 0 Å². The highest BCUT2D eigenvalue weighted by Gasteiger charge is 2.16. The molecule has 0 unspecified atom stereocenters. The number of ether oxygens (including phenoxy) is 4. The van der Waals surface area contributed by atoms with Gasteiger partial charge in [-0.15, -0.1) is 0 Å². The summed E-state index contributed by atoms with van der Waals surface area (Å²) in [4.78, 5) is 0. The zero-order chi connectivity index (χ0) is 21.1. The van der Waals surface area contributed by atoms with Gasteiger partial charge in [0.25, 0.3) is 0 Å². The lowest BCUT2D eigenvalue weighted by atomic mass is 10.2. The maximum absolute atomic E-state index is 14.0. The van der Waals surface area contributed by atoms with Gasteiger partial charge in [-0.1, -0.05) is 29.3 Å². The predicted octanol–water partition coefficient (Wildman–Crippen LogP) is 6.06. The van der Waals surface area contributed by atoms with Crippen LogP contribution in [0.15, 0.2) is 48.5 Å². The number of halogens is 3. The summed E-state index contributed by atoms with van der Waals surface area (Å²) in [6.07, 6.45) is 0. The molecule has 4 rings (SSSR count). The summed E-state index contributed by atoms with van der Waals surface area (Å²) < 4.78 is 35.9. The molecule has 0 amide bonds. The van der Waals surface area contributed by atoms with Crippen LogP contribution in [0.2, 0.25) is 10.0 Å². The Kier molecular flexibility index (Phi) is 6.06. The second-order valence-electron chi connectivity index (χ2n) is 6.52. The molecule has 30 heavy (non-hydrogen) atoms. The first-order chi connectivity index (χ1) is 14.5. The molecule has 5 nitrogen and oxygen atoms in total. The Labute approximate surface area is 183 Å². The molecule has 3 aromatic rings. The van der Waals surface area contributed by atoms with Crippen LogP contribution in [-0.4, -0.2) is 13.9 Å². The molecule has 1 N–H and O–H groups in total. The van der Waals surface area contributed by atoms with E-state index in [1.165, 1.54) is 19.2 Å².